The summed E-state index contributed by atoms with van der Waals surface area (Å²) in [5.41, 5.74) is 1.67. The van der Waals surface area contributed by atoms with Crippen LogP contribution in [0.5, 0.6) is 11.5 Å². The van der Waals surface area contributed by atoms with Crippen molar-refractivity contribution in [3.63, 3.8) is 0 Å². The molecule has 0 aliphatic heterocycles. The molecule has 0 atom stereocenters. The lowest BCUT2D eigenvalue weighted by atomic mass is 10.0. The second-order valence-electron chi connectivity index (χ2n) is 10.5. The van der Waals surface area contributed by atoms with Gasteiger partial charge in [0.05, 0.1) is 12.3 Å². The van der Waals surface area contributed by atoms with Crippen molar-refractivity contribution in [2.45, 2.75) is 110 Å². The summed E-state index contributed by atoms with van der Waals surface area (Å²) >= 11 is 0. The molecule has 0 fully saturated rings. The van der Waals surface area contributed by atoms with Crippen molar-refractivity contribution in [2.24, 2.45) is 0 Å². The molecule has 2 N–H and O–H groups in total. The molecule has 3 heteroatoms. The van der Waals surface area contributed by atoms with Crippen molar-refractivity contribution in [1.29, 1.82) is 0 Å². The minimum absolute atomic E-state index is 0.213. The minimum atomic E-state index is 0.213. The van der Waals surface area contributed by atoms with Gasteiger partial charge in [0, 0.05) is 22.5 Å². The zero-order chi connectivity index (χ0) is 26.0. The van der Waals surface area contributed by atoms with E-state index >= 15 is 0 Å². The van der Waals surface area contributed by atoms with E-state index in [0.717, 1.165) is 34.3 Å². The van der Waals surface area contributed by atoms with E-state index in [1.54, 1.807) is 6.07 Å². The largest absolute Gasteiger partial charge is 0.506 e. The molecule has 0 aliphatic carbocycles. The molecule has 0 unspecified atom stereocenters. The van der Waals surface area contributed by atoms with Gasteiger partial charge in [-0.25, -0.2) is 0 Å². The van der Waals surface area contributed by atoms with Gasteiger partial charge in [-0.1, -0.05) is 146 Å². The highest BCUT2D eigenvalue weighted by atomic mass is 16.5. The van der Waals surface area contributed by atoms with Gasteiger partial charge in [-0.2, -0.15) is 0 Å². The molecule has 0 saturated heterocycles. The maximum Gasteiger partial charge on any atom is 0.143 e. The Bertz CT molecular complexity index is 1000. The van der Waals surface area contributed by atoms with Crippen molar-refractivity contribution >= 4 is 22.1 Å². The van der Waals surface area contributed by atoms with Crippen LogP contribution >= 0.6 is 0 Å². The zero-order valence-electron chi connectivity index (χ0n) is 23.1. The first-order chi connectivity index (χ1) is 18.3. The van der Waals surface area contributed by atoms with Gasteiger partial charge >= 0.3 is 0 Å². The summed E-state index contributed by atoms with van der Waals surface area (Å²) in [4.78, 5) is 0. The van der Waals surface area contributed by atoms with Crippen LogP contribution in [0.3, 0.4) is 0 Å². The number of anilines is 2. The summed E-state index contributed by atoms with van der Waals surface area (Å²) in [6.07, 6.45) is 21.8. The highest BCUT2D eigenvalue weighted by Crippen LogP contribution is 2.40. The molecule has 0 aromatic heterocycles. The fraction of sp³-hybridized carbons (Fsp3) is 0.529. The molecule has 0 spiro atoms. The number of nitrogens with one attached hydrogen (secondary N) is 1. The van der Waals surface area contributed by atoms with E-state index < -0.39 is 0 Å². The molecule has 3 nitrogen and oxygen atoms in total. The van der Waals surface area contributed by atoms with E-state index in [-0.39, 0.29) is 5.75 Å². The number of unbranched alkanes of at least 4 members (excludes halogenated alkanes) is 15. The van der Waals surface area contributed by atoms with E-state index in [9.17, 15) is 5.11 Å². The summed E-state index contributed by atoms with van der Waals surface area (Å²) in [7, 11) is 0. The Morgan fingerprint density at radius 1 is 0.595 bits per heavy atom. The number of hydrogen-bond donors (Lipinski definition) is 2. The number of hydrogen-bond acceptors (Lipinski definition) is 3. The minimum Gasteiger partial charge on any atom is -0.506 e. The lowest BCUT2D eigenvalue weighted by Gasteiger charge is -2.16. The Morgan fingerprint density at radius 3 is 1.65 bits per heavy atom. The van der Waals surface area contributed by atoms with Crippen LogP contribution in [0.4, 0.5) is 11.4 Å². The van der Waals surface area contributed by atoms with Gasteiger partial charge in [-0.15, -0.1) is 0 Å². The number of phenolic OH excluding ortho intramolecular Hbond substituents is 1. The molecule has 37 heavy (non-hydrogen) atoms. The predicted octanol–water partition coefficient (Wildman–Crippen LogP) is 10.9. The van der Waals surface area contributed by atoms with Crippen LogP contribution in [0.1, 0.15) is 110 Å². The van der Waals surface area contributed by atoms with Gasteiger partial charge < -0.3 is 15.2 Å². The van der Waals surface area contributed by atoms with Crippen LogP contribution in [0.25, 0.3) is 10.8 Å². The maximum atomic E-state index is 10.8. The van der Waals surface area contributed by atoms with Gasteiger partial charge in [-0.3, -0.25) is 0 Å². The van der Waals surface area contributed by atoms with Crippen LogP contribution in [0.2, 0.25) is 0 Å². The molecule has 3 aromatic rings. The van der Waals surface area contributed by atoms with Gasteiger partial charge in [0.2, 0.25) is 0 Å². The number of benzene rings is 3. The fourth-order valence-corrected chi connectivity index (χ4v) is 5.08. The van der Waals surface area contributed by atoms with Crippen LogP contribution in [0.15, 0.2) is 60.7 Å². The summed E-state index contributed by atoms with van der Waals surface area (Å²) in [6, 6.07) is 19.8. The van der Waals surface area contributed by atoms with E-state index in [2.05, 4.69) is 18.3 Å². The van der Waals surface area contributed by atoms with E-state index in [0.29, 0.717) is 6.61 Å². The predicted molar refractivity (Wildman–Crippen MR) is 160 cm³/mol. The number of rotatable bonds is 20. The van der Waals surface area contributed by atoms with Crippen molar-refractivity contribution in [3.8, 4) is 11.5 Å². The maximum absolute atomic E-state index is 10.8. The molecule has 0 heterocycles. The van der Waals surface area contributed by atoms with Crippen LogP contribution < -0.4 is 10.1 Å². The second kappa shape index (κ2) is 17.7. The van der Waals surface area contributed by atoms with Crippen molar-refractivity contribution in [2.75, 3.05) is 11.9 Å². The molecule has 3 aromatic carbocycles. The average Bonchev–Trinajstić information content (AvgIpc) is 2.93. The van der Waals surface area contributed by atoms with Crippen LogP contribution in [-0.2, 0) is 0 Å². The topological polar surface area (TPSA) is 41.5 Å². The first kappa shape index (κ1) is 28.9. The molecule has 202 valence electrons. The third-order valence-corrected chi connectivity index (χ3v) is 7.28. The Kier molecular flexibility index (Phi) is 13.8. The smallest absolute Gasteiger partial charge is 0.143 e. The Morgan fingerprint density at radius 2 is 1.08 bits per heavy atom. The van der Waals surface area contributed by atoms with Gasteiger partial charge in [0.15, 0.2) is 0 Å². The standard InChI is InChI=1S/C34H49NO2/c1-2-3-4-5-6-7-8-9-10-11-12-13-14-15-16-22-27-37-33-28-32(36)34(31-26-21-20-25-30(31)33)35-29-23-18-17-19-24-29/h17-21,23-26,28,35-36H,2-16,22,27H2,1H3. The summed E-state index contributed by atoms with van der Waals surface area (Å²) in [5, 5.41) is 16.1. The van der Waals surface area contributed by atoms with E-state index in [4.69, 9.17) is 4.74 Å². The Balaban J connectivity index is 1.27. The van der Waals surface area contributed by atoms with Crippen LogP contribution in [-0.4, -0.2) is 11.7 Å². The molecule has 3 rings (SSSR count). The van der Waals surface area contributed by atoms with Crippen LogP contribution in [0, 0.1) is 0 Å². The third-order valence-electron chi connectivity index (χ3n) is 7.28. The molecule has 0 aliphatic rings. The number of aromatic hydroxyl groups is 1. The van der Waals surface area contributed by atoms with Gasteiger partial charge in [0.25, 0.3) is 0 Å². The molecule has 0 amide bonds. The van der Waals surface area contributed by atoms with Crippen molar-refractivity contribution in [3.05, 3.63) is 60.7 Å². The van der Waals surface area contributed by atoms with Crippen molar-refractivity contribution in [1.82, 2.24) is 0 Å². The zero-order valence-corrected chi connectivity index (χ0v) is 23.1. The third kappa shape index (κ3) is 10.7. The number of ether oxygens (including phenoxy) is 1. The summed E-state index contributed by atoms with van der Waals surface area (Å²) in [6.45, 7) is 2.97. The molecule has 0 radical (unpaired) electrons. The monoisotopic (exact) mass is 503 g/mol. The highest BCUT2D eigenvalue weighted by molar-refractivity contribution is 6.02. The van der Waals surface area contributed by atoms with Crippen molar-refractivity contribution < 1.29 is 9.84 Å². The molecular formula is C34H49NO2. The number of fused-ring (bicyclic) bond motifs is 1. The van der Waals surface area contributed by atoms with E-state index in [1.807, 2.05) is 48.5 Å². The molecule has 0 saturated carbocycles. The highest BCUT2D eigenvalue weighted by Gasteiger charge is 2.13. The normalized spacial score (nSPS) is 11.2. The fourth-order valence-electron chi connectivity index (χ4n) is 5.08. The Hall–Kier alpha value is -2.68. The lowest BCUT2D eigenvalue weighted by molar-refractivity contribution is 0.306. The average molecular weight is 504 g/mol. The second-order valence-corrected chi connectivity index (χ2v) is 10.5. The SMILES string of the molecule is CCCCCCCCCCCCCCCCCCOc1cc(O)c(Nc2ccccc2)c2ccccc12. The molecule has 0 bridgehead atoms. The summed E-state index contributed by atoms with van der Waals surface area (Å²) < 4.78 is 6.14. The Labute approximate surface area is 225 Å². The van der Waals surface area contributed by atoms with Gasteiger partial charge in [-0.05, 0) is 18.6 Å². The lowest BCUT2D eigenvalue weighted by Crippen LogP contribution is -1.99. The quantitative estimate of drug-likeness (QED) is 0.119. The molecular weight excluding hydrogens is 454 g/mol. The van der Waals surface area contributed by atoms with Gasteiger partial charge in [0.1, 0.15) is 11.5 Å². The number of phenols is 1. The first-order valence-corrected chi connectivity index (χ1v) is 15.0. The number of para-hydroxylation sites is 1. The van der Waals surface area contributed by atoms with E-state index in [1.165, 1.54) is 96.3 Å². The first-order valence-electron chi connectivity index (χ1n) is 15.0. The summed E-state index contributed by atoms with van der Waals surface area (Å²) in [5.74, 6) is 0.970.